The quantitative estimate of drug-likeness (QED) is 0.635. The zero-order chi connectivity index (χ0) is 14.4. The van der Waals surface area contributed by atoms with E-state index in [-0.39, 0.29) is 0 Å². The number of hydrogen-bond acceptors (Lipinski definition) is 5. The lowest BCUT2D eigenvalue weighted by molar-refractivity contribution is 0.116. The fourth-order valence-corrected chi connectivity index (χ4v) is 3.09. The van der Waals surface area contributed by atoms with Crippen molar-refractivity contribution in [3.63, 3.8) is 0 Å². The molecule has 1 aromatic heterocycles. The molecule has 4 nitrogen and oxygen atoms in total. The van der Waals surface area contributed by atoms with Crippen molar-refractivity contribution in [2.24, 2.45) is 5.92 Å². The molecule has 1 fully saturated rings. The Hall–Kier alpha value is -0.970. The predicted molar refractivity (Wildman–Crippen MR) is 84.6 cm³/mol. The van der Waals surface area contributed by atoms with E-state index < -0.39 is 0 Å². The third kappa shape index (κ3) is 4.27. The molecule has 0 radical (unpaired) electrons. The molecule has 2 rings (SSSR count). The molecule has 0 saturated heterocycles. The molecule has 2 atom stereocenters. The second-order valence-electron chi connectivity index (χ2n) is 5.29. The Labute approximate surface area is 126 Å². The average molecular weight is 295 g/mol. The maximum atomic E-state index is 6.11. The zero-order valence-corrected chi connectivity index (χ0v) is 13.5. The minimum atomic E-state index is 0.313. The van der Waals surface area contributed by atoms with Crippen LogP contribution in [0.5, 0.6) is 5.88 Å². The Morgan fingerprint density at radius 2 is 2.20 bits per heavy atom. The van der Waals surface area contributed by atoms with Crippen molar-refractivity contribution in [2.45, 2.75) is 57.2 Å². The highest BCUT2D eigenvalue weighted by Gasteiger charge is 2.22. The summed E-state index contributed by atoms with van der Waals surface area (Å²) in [6, 6.07) is 1.92. The van der Waals surface area contributed by atoms with Crippen molar-refractivity contribution in [1.82, 2.24) is 9.97 Å². The molecule has 2 unspecified atom stereocenters. The highest BCUT2D eigenvalue weighted by Crippen LogP contribution is 2.30. The number of anilines is 1. The summed E-state index contributed by atoms with van der Waals surface area (Å²) < 4.78 is 6.11. The first-order chi connectivity index (χ1) is 9.75. The summed E-state index contributed by atoms with van der Waals surface area (Å²) in [5, 5.41) is 4.00. The Morgan fingerprint density at radius 3 is 2.90 bits per heavy atom. The average Bonchev–Trinajstić information content (AvgIpc) is 2.47. The van der Waals surface area contributed by atoms with Crippen LogP contribution in [0.15, 0.2) is 11.2 Å². The number of nitrogens with zero attached hydrogens (tertiary/aromatic N) is 2. The van der Waals surface area contributed by atoms with E-state index >= 15 is 0 Å². The number of nitrogens with one attached hydrogen (secondary N) is 1. The van der Waals surface area contributed by atoms with Crippen LogP contribution in [0.1, 0.15) is 46.0 Å². The van der Waals surface area contributed by atoms with Crippen molar-refractivity contribution in [3.05, 3.63) is 6.07 Å². The van der Waals surface area contributed by atoms with Gasteiger partial charge in [0.25, 0.3) is 0 Å². The maximum absolute atomic E-state index is 6.11. The van der Waals surface area contributed by atoms with Gasteiger partial charge in [-0.05, 0) is 38.4 Å². The molecule has 1 aliphatic carbocycles. The first-order valence-corrected chi connectivity index (χ1v) is 8.81. The van der Waals surface area contributed by atoms with E-state index in [1.165, 1.54) is 19.3 Å². The maximum Gasteiger partial charge on any atom is 0.219 e. The molecule has 1 N–H and O–H groups in total. The third-order valence-corrected chi connectivity index (χ3v) is 4.37. The van der Waals surface area contributed by atoms with Crippen molar-refractivity contribution < 1.29 is 4.74 Å². The molecule has 1 aliphatic rings. The van der Waals surface area contributed by atoms with E-state index in [9.17, 15) is 0 Å². The summed E-state index contributed by atoms with van der Waals surface area (Å²) in [5.74, 6) is 2.37. The molecule has 5 heteroatoms. The van der Waals surface area contributed by atoms with Gasteiger partial charge in [0.15, 0.2) is 5.16 Å². The van der Waals surface area contributed by atoms with Crippen molar-refractivity contribution >= 4 is 17.6 Å². The number of aromatic nitrogens is 2. The topological polar surface area (TPSA) is 47.0 Å². The van der Waals surface area contributed by atoms with Crippen LogP contribution in [-0.4, -0.2) is 28.9 Å². The molecule has 0 aromatic carbocycles. The monoisotopic (exact) mass is 295 g/mol. The SMILES string of the molecule is CCNc1cc(OC2CCCC(CC)C2)nc(SC)n1. The standard InChI is InChI=1S/C15H25N3OS/c1-4-11-7-6-8-12(9-11)19-14-10-13(16-5-2)17-15(18-14)20-3/h10-12H,4-9H2,1-3H3,(H,16,17,18). The molecule has 1 aromatic rings. The summed E-state index contributed by atoms with van der Waals surface area (Å²) in [7, 11) is 0. The van der Waals surface area contributed by atoms with E-state index in [2.05, 4.69) is 29.1 Å². The molecule has 20 heavy (non-hydrogen) atoms. The molecular formula is C15H25N3OS. The lowest BCUT2D eigenvalue weighted by atomic mass is 9.85. The largest absolute Gasteiger partial charge is 0.474 e. The number of ether oxygens (including phenoxy) is 1. The van der Waals surface area contributed by atoms with Gasteiger partial charge in [0.05, 0.1) is 0 Å². The lowest BCUT2D eigenvalue weighted by Gasteiger charge is -2.28. The van der Waals surface area contributed by atoms with Gasteiger partial charge in [-0.2, -0.15) is 4.98 Å². The van der Waals surface area contributed by atoms with E-state index in [1.807, 2.05) is 12.3 Å². The summed E-state index contributed by atoms with van der Waals surface area (Å²) in [4.78, 5) is 8.90. The Morgan fingerprint density at radius 1 is 1.35 bits per heavy atom. The van der Waals surface area contributed by atoms with Gasteiger partial charge in [0, 0.05) is 12.6 Å². The van der Waals surface area contributed by atoms with E-state index in [4.69, 9.17) is 4.74 Å². The van der Waals surface area contributed by atoms with Gasteiger partial charge in [-0.3, -0.25) is 0 Å². The summed E-state index contributed by atoms with van der Waals surface area (Å²) >= 11 is 1.55. The zero-order valence-electron chi connectivity index (χ0n) is 12.7. The molecule has 0 aliphatic heterocycles. The number of thioether (sulfide) groups is 1. The van der Waals surface area contributed by atoms with Gasteiger partial charge in [-0.15, -0.1) is 0 Å². The normalized spacial score (nSPS) is 22.6. The highest BCUT2D eigenvalue weighted by molar-refractivity contribution is 7.98. The van der Waals surface area contributed by atoms with E-state index in [1.54, 1.807) is 11.8 Å². The smallest absolute Gasteiger partial charge is 0.219 e. The van der Waals surface area contributed by atoms with Gasteiger partial charge in [-0.25, -0.2) is 4.98 Å². The van der Waals surface area contributed by atoms with Crippen LogP contribution in [0.4, 0.5) is 5.82 Å². The fourth-order valence-electron chi connectivity index (χ4n) is 2.72. The summed E-state index contributed by atoms with van der Waals surface area (Å²) in [6.45, 7) is 5.19. The van der Waals surface area contributed by atoms with Crippen molar-refractivity contribution in [2.75, 3.05) is 18.1 Å². The van der Waals surface area contributed by atoms with E-state index in [0.717, 1.165) is 36.3 Å². The Balaban J connectivity index is 2.05. The van der Waals surface area contributed by atoms with Crippen LogP contribution in [0.3, 0.4) is 0 Å². The Kier molecular flexibility index (Phi) is 5.95. The van der Waals surface area contributed by atoms with Crippen LogP contribution in [0, 0.1) is 5.92 Å². The fraction of sp³-hybridized carbons (Fsp3) is 0.733. The first-order valence-electron chi connectivity index (χ1n) is 7.58. The Bertz CT molecular complexity index is 428. The first kappa shape index (κ1) is 15.4. The summed E-state index contributed by atoms with van der Waals surface area (Å²) in [5.41, 5.74) is 0. The van der Waals surface area contributed by atoms with Crippen LogP contribution >= 0.6 is 11.8 Å². The molecule has 1 saturated carbocycles. The van der Waals surface area contributed by atoms with Gasteiger partial charge >= 0.3 is 0 Å². The minimum absolute atomic E-state index is 0.313. The van der Waals surface area contributed by atoms with Crippen molar-refractivity contribution in [1.29, 1.82) is 0 Å². The molecule has 0 bridgehead atoms. The highest BCUT2D eigenvalue weighted by atomic mass is 32.2. The lowest BCUT2D eigenvalue weighted by Crippen LogP contribution is -2.25. The second-order valence-corrected chi connectivity index (χ2v) is 6.06. The van der Waals surface area contributed by atoms with Gasteiger partial charge < -0.3 is 10.1 Å². The minimum Gasteiger partial charge on any atom is -0.474 e. The molecule has 0 spiro atoms. The van der Waals surface area contributed by atoms with Crippen LogP contribution < -0.4 is 10.1 Å². The second kappa shape index (κ2) is 7.72. The predicted octanol–water partition coefficient (Wildman–Crippen LogP) is 3.98. The molecule has 112 valence electrons. The molecule has 0 amide bonds. The number of rotatable bonds is 6. The van der Waals surface area contributed by atoms with Gasteiger partial charge in [-0.1, -0.05) is 31.5 Å². The van der Waals surface area contributed by atoms with Crippen LogP contribution in [0.2, 0.25) is 0 Å². The molecular weight excluding hydrogens is 270 g/mol. The third-order valence-electron chi connectivity index (χ3n) is 3.82. The molecule has 1 heterocycles. The van der Waals surface area contributed by atoms with Crippen molar-refractivity contribution in [3.8, 4) is 5.88 Å². The van der Waals surface area contributed by atoms with E-state index in [0.29, 0.717) is 12.0 Å². The van der Waals surface area contributed by atoms with Gasteiger partial charge in [0.2, 0.25) is 5.88 Å². The number of hydrogen-bond donors (Lipinski definition) is 1. The van der Waals surface area contributed by atoms with Gasteiger partial charge in [0.1, 0.15) is 11.9 Å². The van der Waals surface area contributed by atoms with Crippen LogP contribution in [0.25, 0.3) is 0 Å². The van der Waals surface area contributed by atoms with Crippen LogP contribution in [-0.2, 0) is 0 Å². The summed E-state index contributed by atoms with van der Waals surface area (Å²) in [6.07, 6.45) is 8.47.